The van der Waals surface area contributed by atoms with Gasteiger partial charge in [0, 0.05) is 22.7 Å². The molecule has 1 heterocycles. The topological polar surface area (TPSA) is 68.3 Å². The monoisotopic (exact) mass is 338 g/mol. The predicted molar refractivity (Wildman–Crippen MR) is 93.3 cm³/mol. The van der Waals surface area contributed by atoms with Gasteiger partial charge >= 0.3 is 5.97 Å². The molecule has 0 aliphatic carbocycles. The Labute approximate surface area is 142 Å². The van der Waals surface area contributed by atoms with Gasteiger partial charge in [-0.2, -0.15) is 0 Å². The molecule has 0 unspecified atom stereocenters. The van der Waals surface area contributed by atoms with Gasteiger partial charge in [-0.05, 0) is 24.3 Å². The molecule has 0 atom stereocenters. The van der Waals surface area contributed by atoms with Crippen LogP contribution in [0.25, 0.3) is 10.6 Å². The molecule has 0 fully saturated rings. The summed E-state index contributed by atoms with van der Waals surface area (Å²) in [7, 11) is 1.30. The quantitative estimate of drug-likeness (QED) is 0.734. The molecule has 1 N–H and O–H groups in total. The molecule has 1 aromatic heterocycles. The molecular formula is C18H14N2O3S. The number of nitrogens with one attached hydrogen (secondary N) is 1. The fourth-order valence-electron chi connectivity index (χ4n) is 2.23. The fourth-order valence-corrected chi connectivity index (χ4v) is 2.87. The number of nitrogens with zero attached hydrogens (tertiary/aromatic N) is 1. The smallest absolute Gasteiger partial charge is 0.339 e. The average Bonchev–Trinajstić information content (AvgIpc) is 3.16. The molecule has 6 heteroatoms. The average molecular weight is 338 g/mol. The van der Waals surface area contributed by atoms with E-state index in [1.807, 2.05) is 11.4 Å². The number of ether oxygens (including phenoxy) is 1. The van der Waals surface area contributed by atoms with Crippen LogP contribution in [0, 0.1) is 0 Å². The molecule has 24 heavy (non-hydrogen) atoms. The summed E-state index contributed by atoms with van der Waals surface area (Å²) in [4.78, 5) is 28.5. The highest BCUT2D eigenvalue weighted by Crippen LogP contribution is 2.23. The van der Waals surface area contributed by atoms with E-state index in [1.54, 1.807) is 48.7 Å². The SMILES string of the molecule is COC(=O)c1ccccc1NC(=O)c1cccc(-c2nccs2)c1. The second kappa shape index (κ2) is 7.06. The normalized spacial score (nSPS) is 10.2. The molecule has 0 aliphatic rings. The first-order chi connectivity index (χ1) is 11.7. The fraction of sp³-hybridized carbons (Fsp3) is 0.0556. The summed E-state index contributed by atoms with van der Waals surface area (Å²) >= 11 is 1.51. The van der Waals surface area contributed by atoms with Crippen molar-refractivity contribution in [2.75, 3.05) is 12.4 Å². The Morgan fingerprint density at radius 2 is 1.96 bits per heavy atom. The number of carbonyl (C=O) groups is 2. The maximum absolute atomic E-state index is 12.5. The number of hydrogen-bond acceptors (Lipinski definition) is 5. The standard InChI is InChI=1S/C18H14N2O3S/c1-23-18(22)14-7-2-3-8-15(14)20-16(21)12-5-4-6-13(11-12)17-19-9-10-24-17/h2-11H,1H3,(H,20,21). The molecule has 0 radical (unpaired) electrons. The van der Waals surface area contributed by atoms with E-state index in [1.165, 1.54) is 18.4 Å². The van der Waals surface area contributed by atoms with E-state index in [4.69, 9.17) is 4.74 Å². The van der Waals surface area contributed by atoms with Crippen LogP contribution in [0.2, 0.25) is 0 Å². The molecule has 0 spiro atoms. The first-order valence-electron chi connectivity index (χ1n) is 7.17. The summed E-state index contributed by atoms with van der Waals surface area (Å²) in [6, 6.07) is 13.9. The molecule has 0 aliphatic heterocycles. The van der Waals surface area contributed by atoms with Crippen LogP contribution < -0.4 is 5.32 Å². The minimum Gasteiger partial charge on any atom is -0.465 e. The first-order valence-corrected chi connectivity index (χ1v) is 8.05. The molecule has 2 aromatic carbocycles. The summed E-state index contributed by atoms with van der Waals surface area (Å²) < 4.78 is 4.74. The number of thiazole rings is 1. The number of carbonyl (C=O) groups excluding carboxylic acids is 2. The second-order valence-electron chi connectivity index (χ2n) is 4.91. The van der Waals surface area contributed by atoms with E-state index in [0.717, 1.165) is 10.6 Å². The number of methoxy groups -OCH3 is 1. The van der Waals surface area contributed by atoms with Crippen LogP contribution in [0.4, 0.5) is 5.69 Å². The Bertz CT molecular complexity index is 875. The van der Waals surface area contributed by atoms with Gasteiger partial charge in [-0.25, -0.2) is 9.78 Å². The van der Waals surface area contributed by atoms with Crippen molar-refractivity contribution in [1.29, 1.82) is 0 Å². The van der Waals surface area contributed by atoms with Crippen molar-refractivity contribution in [2.24, 2.45) is 0 Å². The van der Waals surface area contributed by atoms with E-state index in [-0.39, 0.29) is 5.91 Å². The number of aromatic nitrogens is 1. The van der Waals surface area contributed by atoms with Crippen LogP contribution >= 0.6 is 11.3 Å². The van der Waals surface area contributed by atoms with Crippen molar-refractivity contribution in [3.05, 3.63) is 71.2 Å². The second-order valence-corrected chi connectivity index (χ2v) is 5.80. The van der Waals surface area contributed by atoms with Gasteiger partial charge in [0.1, 0.15) is 5.01 Å². The third-order valence-electron chi connectivity index (χ3n) is 3.38. The van der Waals surface area contributed by atoms with Crippen LogP contribution in [0.5, 0.6) is 0 Å². The Morgan fingerprint density at radius 3 is 2.71 bits per heavy atom. The van der Waals surface area contributed by atoms with Gasteiger partial charge in [0.05, 0.1) is 18.4 Å². The van der Waals surface area contributed by atoms with E-state index in [0.29, 0.717) is 16.8 Å². The zero-order chi connectivity index (χ0) is 16.9. The zero-order valence-electron chi connectivity index (χ0n) is 12.9. The number of esters is 1. The number of benzene rings is 2. The van der Waals surface area contributed by atoms with Crippen LogP contribution in [-0.4, -0.2) is 24.0 Å². The number of anilines is 1. The van der Waals surface area contributed by atoms with Gasteiger partial charge < -0.3 is 10.1 Å². The summed E-state index contributed by atoms with van der Waals surface area (Å²) in [6.07, 6.45) is 1.72. The minimum atomic E-state index is -0.498. The Kier molecular flexibility index (Phi) is 4.67. The lowest BCUT2D eigenvalue weighted by molar-refractivity contribution is 0.0602. The molecular weight excluding hydrogens is 324 g/mol. The molecule has 120 valence electrons. The highest BCUT2D eigenvalue weighted by Gasteiger charge is 2.14. The Balaban J connectivity index is 1.86. The van der Waals surface area contributed by atoms with Crippen LogP contribution in [0.1, 0.15) is 20.7 Å². The van der Waals surface area contributed by atoms with Crippen LogP contribution in [0.15, 0.2) is 60.1 Å². The highest BCUT2D eigenvalue weighted by molar-refractivity contribution is 7.13. The molecule has 5 nitrogen and oxygen atoms in total. The van der Waals surface area contributed by atoms with Gasteiger partial charge in [-0.3, -0.25) is 4.79 Å². The van der Waals surface area contributed by atoms with Crippen molar-refractivity contribution in [3.8, 4) is 10.6 Å². The van der Waals surface area contributed by atoms with Crippen molar-refractivity contribution >= 4 is 28.9 Å². The lowest BCUT2D eigenvalue weighted by Gasteiger charge is -2.10. The summed E-state index contributed by atoms with van der Waals surface area (Å²) in [5.74, 6) is -0.799. The Hall–Kier alpha value is -2.99. The summed E-state index contributed by atoms with van der Waals surface area (Å²) in [5, 5.41) is 5.49. The van der Waals surface area contributed by atoms with E-state index in [2.05, 4.69) is 10.3 Å². The molecule has 0 saturated carbocycles. The van der Waals surface area contributed by atoms with Crippen molar-refractivity contribution in [3.63, 3.8) is 0 Å². The number of hydrogen-bond donors (Lipinski definition) is 1. The van der Waals surface area contributed by atoms with E-state index < -0.39 is 5.97 Å². The number of rotatable bonds is 4. The van der Waals surface area contributed by atoms with E-state index in [9.17, 15) is 9.59 Å². The van der Waals surface area contributed by atoms with E-state index >= 15 is 0 Å². The third kappa shape index (κ3) is 3.33. The van der Waals surface area contributed by atoms with Crippen LogP contribution in [0.3, 0.4) is 0 Å². The molecule has 0 saturated heterocycles. The molecule has 3 aromatic rings. The first kappa shape index (κ1) is 15.9. The minimum absolute atomic E-state index is 0.301. The van der Waals surface area contributed by atoms with Crippen molar-refractivity contribution in [1.82, 2.24) is 4.98 Å². The van der Waals surface area contributed by atoms with Gasteiger partial charge in [0.25, 0.3) is 5.91 Å². The van der Waals surface area contributed by atoms with Gasteiger partial charge in [-0.1, -0.05) is 24.3 Å². The number of para-hydroxylation sites is 1. The maximum atomic E-state index is 12.5. The van der Waals surface area contributed by atoms with Crippen LogP contribution in [-0.2, 0) is 4.74 Å². The third-order valence-corrected chi connectivity index (χ3v) is 4.21. The summed E-state index contributed by atoms with van der Waals surface area (Å²) in [5.41, 5.74) is 2.08. The van der Waals surface area contributed by atoms with Gasteiger partial charge in [0.2, 0.25) is 0 Å². The molecule has 0 bridgehead atoms. The highest BCUT2D eigenvalue weighted by atomic mass is 32.1. The Morgan fingerprint density at radius 1 is 1.12 bits per heavy atom. The zero-order valence-corrected chi connectivity index (χ0v) is 13.7. The molecule has 1 amide bonds. The maximum Gasteiger partial charge on any atom is 0.339 e. The van der Waals surface area contributed by atoms with Gasteiger partial charge in [0.15, 0.2) is 0 Å². The van der Waals surface area contributed by atoms with Crippen molar-refractivity contribution in [2.45, 2.75) is 0 Å². The molecule has 3 rings (SSSR count). The summed E-state index contributed by atoms with van der Waals surface area (Å²) in [6.45, 7) is 0. The lowest BCUT2D eigenvalue weighted by Crippen LogP contribution is -2.15. The largest absolute Gasteiger partial charge is 0.465 e. The van der Waals surface area contributed by atoms with Gasteiger partial charge in [-0.15, -0.1) is 11.3 Å². The predicted octanol–water partition coefficient (Wildman–Crippen LogP) is 3.85. The number of amides is 1. The van der Waals surface area contributed by atoms with Crippen molar-refractivity contribution < 1.29 is 14.3 Å². The lowest BCUT2D eigenvalue weighted by atomic mass is 10.1.